The first-order chi connectivity index (χ1) is 7.08. The predicted octanol–water partition coefficient (Wildman–Crippen LogP) is 2.01. The van der Waals surface area contributed by atoms with Crippen molar-refractivity contribution in [1.29, 1.82) is 0 Å². The summed E-state index contributed by atoms with van der Waals surface area (Å²) >= 11 is 10.9. The first-order valence-electron chi connectivity index (χ1n) is 4.29. The second-order valence-corrected chi connectivity index (χ2v) is 3.82. The molecule has 1 aromatic carbocycles. The van der Waals surface area contributed by atoms with Crippen LogP contribution in [0.5, 0.6) is 0 Å². The number of benzene rings is 1. The molecule has 0 unspecified atom stereocenters. The molecule has 0 atom stereocenters. The van der Waals surface area contributed by atoms with Crippen LogP contribution < -0.4 is 5.73 Å². The molecule has 0 radical (unpaired) electrons. The lowest BCUT2D eigenvalue weighted by Gasteiger charge is -2.00. The van der Waals surface area contributed by atoms with Gasteiger partial charge >= 0.3 is 0 Å². The largest absolute Gasteiger partial charge is 0.387 e. The molecular formula is C10H10Cl2N2O. The smallest absolute Gasteiger partial charge is 0.243 e. The molecule has 0 aliphatic rings. The Labute approximate surface area is 97.9 Å². The number of hydrogen-bond donors (Lipinski definition) is 1. The zero-order valence-electron chi connectivity index (χ0n) is 7.91. The molecule has 0 fully saturated rings. The summed E-state index contributed by atoms with van der Waals surface area (Å²) in [6, 6.07) is 7.26. The monoisotopic (exact) mass is 244 g/mol. The molecule has 0 spiro atoms. The fraction of sp³-hybridized carbons (Fsp3) is 0.200. The van der Waals surface area contributed by atoms with E-state index in [4.69, 9.17) is 28.9 Å². The molecule has 3 nitrogen and oxygen atoms in total. The normalized spacial score (nSPS) is 11.5. The van der Waals surface area contributed by atoms with E-state index < -0.39 is 5.24 Å². The fourth-order valence-corrected chi connectivity index (χ4v) is 1.22. The molecule has 0 amide bonds. The molecule has 15 heavy (non-hydrogen) atoms. The van der Waals surface area contributed by atoms with Gasteiger partial charge in [-0.2, -0.15) is 0 Å². The van der Waals surface area contributed by atoms with E-state index in [0.29, 0.717) is 17.3 Å². The highest BCUT2D eigenvalue weighted by atomic mass is 35.5. The van der Waals surface area contributed by atoms with Gasteiger partial charge in [0, 0.05) is 11.4 Å². The van der Waals surface area contributed by atoms with Crippen LogP contribution >= 0.6 is 23.2 Å². The molecule has 0 aromatic heterocycles. The third-order valence-corrected chi connectivity index (χ3v) is 2.08. The molecule has 0 saturated carbocycles. The third-order valence-electron chi connectivity index (χ3n) is 1.70. The lowest BCUT2D eigenvalue weighted by Crippen LogP contribution is -2.16. The Hall–Kier alpha value is -1.06. The van der Waals surface area contributed by atoms with E-state index in [-0.39, 0.29) is 6.54 Å². The summed E-state index contributed by atoms with van der Waals surface area (Å²) in [4.78, 5) is 14.3. The van der Waals surface area contributed by atoms with Gasteiger partial charge in [-0.3, -0.25) is 9.79 Å². The van der Waals surface area contributed by atoms with Gasteiger partial charge < -0.3 is 5.73 Å². The number of hydrogen-bond acceptors (Lipinski definition) is 2. The van der Waals surface area contributed by atoms with Gasteiger partial charge in [-0.25, -0.2) is 0 Å². The van der Waals surface area contributed by atoms with Crippen molar-refractivity contribution in [2.24, 2.45) is 10.7 Å². The van der Waals surface area contributed by atoms with E-state index in [2.05, 4.69) is 4.99 Å². The number of rotatable bonds is 4. The van der Waals surface area contributed by atoms with Crippen LogP contribution in [0.15, 0.2) is 29.3 Å². The summed E-state index contributed by atoms with van der Waals surface area (Å²) in [6.07, 6.45) is 0.487. The number of carbonyl (C=O) groups excluding carboxylic acids is 1. The van der Waals surface area contributed by atoms with Gasteiger partial charge in [-0.15, -0.1) is 0 Å². The summed E-state index contributed by atoms with van der Waals surface area (Å²) in [6.45, 7) is -0.0824. The Kier molecular flexibility index (Phi) is 4.59. The molecule has 0 aliphatic carbocycles. The molecule has 5 heteroatoms. The topological polar surface area (TPSA) is 55.4 Å². The quantitative estimate of drug-likeness (QED) is 0.501. The van der Waals surface area contributed by atoms with Gasteiger partial charge in [0.1, 0.15) is 6.54 Å². The van der Waals surface area contributed by atoms with E-state index in [0.717, 1.165) is 5.56 Å². The summed E-state index contributed by atoms with van der Waals surface area (Å²) in [7, 11) is 0. The summed E-state index contributed by atoms with van der Waals surface area (Å²) < 4.78 is 0. The zero-order valence-corrected chi connectivity index (χ0v) is 9.42. The van der Waals surface area contributed by atoms with Crippen LogP contribution in [0.4, 0.5) is 0 Å². The van der Waals surface area contributed by atoms with Gasteiger partial charge in [0.05, 0.1) is 5.84 Å². The minimum absolute atomic E-state index is 0.0824. The highest BCUT2D eigenvalue weighted by molar-refractivity contribution is 6.64. The number of nitrogens with zero attached hydrogens (tertiary/aromatic N) is 1. The van der Waals surface area contributed by atoms with Crippen molar-refractivity contribution in [3.63, 3.8) is 0 Å². The first kappa shape index (κ1) is 12.0. The number of amidine groups is 1. The SMILES string of the molecule is NC(Cc1ccc(Cl)cc1)=NCC(=O)Cl. The highest BCUT2D eigenvalue weighted by Gasteiger charge is 1.98. The maximum Gasteiger partial charge on any atom is 0.243 e. The maximum atomic E-state index is 10.4. The van der Waals surface area contributed by atoms with E-state index in [1.165, 1.54) is 0 Å². The van der Waals surface area contributed by atoms with E-state index in [1.54, 1.807) is 12.1 Å². The zero-order chi connectivity index (χ0) is 11.3. The molecule has 0 heterocycles. The highest BCUT2D eigenvalue weighted by Crippen LogP contribution is 2.09. The fourth-order valence-electron chi connectivity index (χ4n) is 1.03. The van der Waals surface area contributed by atoms with Crippen molar-refractivity contribution in [1.82, 2.24) is 0 Å². The molecule has 2 N–H and O–H groups in total. The average molecular weight is 245 g/mol. The van der Waals surface area contributed by atoms with Crippen LogP contribution in [0.25, 0.3) is 0 Å². The minimum Gasteiger partial charge on any atom is -0.387 e. The van der Waals surface area contributed by atoms with E-state index >= 15 is 0 Å². The molecule has 0 aliphatic heterocycles. The van der Waals surface area contributed by atoms with Gasteiger partial charge in [-0.1, -0.05) is 23.7 Å². The van der Waals surface area contributed by atoms with Crippen molar-refractivity contribution in [2.45, 2.75) is 6.42 Å². The number of halogens is 2. The van der Waals surface area contributed by atoms with Crippen LogP contribution in [0.2, 0.25) is 5.02 Å². The Balaban J connectivity index is 2.58. The Morgan fingerprint density at radius 2 is 1.93 bits per heavy atom. The van der Waals surface area contributed by atoms with Crippen LogP contribution in [0, 0.1) is 0 Å². The minimum atomic E-state index is -0.519. The second kappa shape index (κ2) is 5.73. The van der Waals surface area contributed by atoms with Crippen molar-refractivity contribution in [2.75, 3.05) is 6.54 Å². The molecular weight excluding hydrogens is 235 g/mol. The average Bonchev–Trinajstić information content (AvgIpc) is 2.19. The van der Waals surface area contributed by atoms with Gasteiger partial charge in [0.15, 0.2) is 0 Å². The maximum absolute atomic E-state index is 10.4. The standard InChI is InChI=1S/C10H10Cl2N2O/c11-8-3-1-7(2-4-8)5-10(13)14-6-9(12)15/h1-4H,5-6H2,(H2,13,14). The van der Waals surface area contributed by atoms with E-state index in [9.17, 15) is 4.79 Å². The third kappa shape index (κ3) is 4.81. The van der Waals surface area contributed by atoms with Crippen LogP contribution in [0.3, 0.4) is 0 Å². The number of aliphatic imine (C=N–C) groups is 1. The number of nitrogens with two attached hydrogens (primary N) is 1. The second-order valence-electron chi connectivity index (χ2n) is 2.97. The van der Waals surface area contributed by atoms with Crippen LogP contribution in [0.1, 0.15) is 5.56 Å². The van der Waals surface area contributed by atoms with Crippen molar-refractivity contribution < 1.29 is 4.79 Å². The molecule has 1 rings (SSSR count). The van der Waals surface area contributed by atoms with Gasteiger partial charge in [0.2, 0.25) is 5.24 Å². The lowest BCUT2D eigenvalue weighted by atomic mass is 10.1. The molecule has 0 saturated heterocycles. The predicted molar refractivity (Wildman–Crippen MR) is 62.5 cm³/mol. The summed E-state index contributed by atoms with van der Waals surface area (Å²) in [5.41, 5.74) is 6.59. The number of carbonyl (C=O) groups is 1. The lowest BCUT2D eigenvalue weighted by molar-refractivity contribution is -0.110. The van der Waals surface area contributed by atoms with Crippen molar-refractivity contribution >= 4 is 34.3 Å². The van der Waals surface area contributed by atoms with Crippen LogP contribution in [-0.2, 0) is 11.2 Å². The Morgan fingerprint density at radius 1 is 1.33 bits per heavy atom. The van der Waals surface area contributed by atoms with Gasteiger partial charge in [0.25, 0.3) is 0 Å². The van der Waals surface area contributed by atoms with Crippen molar-refractivity contribution in [3.05, 3.63) is 34.9 Å². The van der Waals surface area contributed by atoms with Crippen LogP contribution in [-0.4, -0.2) is 17.6 Å². The molecule has 1 aromatic rings. The van der Waals surface area contributed by atoms with Crippen molar-refractivity contribution in [3.8, 4) is 0 Å². The first-order valence-corrected chi connectivity index (χ1v) is 5.05. The van der Waals surface area contributed by atoms with E-state index in [1.807, 2.05) is 12.1 Å². The Morgan fingerprint density at radius 3 is 2.47 bits per heavy atom. The Bertz CT molecular complexity index is 374. The summed E-state index contributed by atoms with van der Waals surface area (Å²) in [5.74, 6) is 0.381. The van der Waals surface area contributed by atoms with Gasteiger partial charge in [-0.05, 0) is 29.3 Å². The summed E-state index contributed by atoms with van der Waals surface area (Å²) in [5, 5.41) is 0.152. The molecule has 80 valence electrons. The molecule has 0 bridgehead atoms.